The molecule has 262 valence electrons. The fourth-order valence-electron chi connectivity index (χ4n) is 10.3. The van der Waals surface area contributed by atoms with Crippen molar-refractivity contribution in [2.45, 2.75) is 90.4 Å². The van der Waals surface area contributed by atoms with E-state index in [9.17, 15) is 0 Å². The molecule has 53 heavy (non-hydrogen) atoms. The first-order valence-corrected chi connectivity index (χ1v) is 21.4. The van der Waals surface area contributed by atoms with Crippen LogP contribution in [0.3, 0.4) is 0 Å². The van der Waals surface area contributed by atoms with E-state index in [1.165, 1.54) is 91.4 Å². The van der Waals surface area contributed by atoms with Gasteiger partial charge in [-0.3, -0.25) is 0 Å². The zero-order chi connectivity index (χ0) is 35.8. The molecule has 5 aliphatic rings. The molecule has 0 saturated carbocycles. The van der Waals surface area contributed by atoms with Crippen LogP contribution in [0.2, 0.25) is 0 Å². The maximum absolute atomic E-state index is 6.55. The molecule has 5 heteroatoms. The van der Waals surface area contributed by atoms with Crippen molar-refractivity contribution in [2.75, 3.05) is 4.90 Å². The maximum atomic E-state index is 6.55. The van der Waals surface area contributed by atoms with Crippen molar-refractivity contribution in [3.63, 3.8) is 0 Å². The average Bonchev–Trinajstić information content (AvgIpc) is 3.76. The summed E-state index contributed by atoms with van der Waals surface area (Å²) in [6, 6.07) is 37.8. The van der Waals surface area contributed by atoms with Crippen LogP contribution in [0.5, 0.6) is 5.75 Å². The van der Waals surface area contributed by atoms with Gasteiger partial charge in [0, 0.05) is 0 Å². The van der Waals surface area contributed by atoms with Gasteiger partial charge in [-0.25, -0.2) is 0 Å². The molecule has 4 heterocycles. The summed E-state index contributed by atoms with van der Waals surface area (Å²) in [5.41, 5.74) is 18.4. The first-order valence-electron chi connectivity index (χ1n) is 19.7. The molecule has 6 aromatic rings. The molecule has 1 aromatic heterocycles. The van der Waals surface area contributed by atoms with Gasteiger partial charge in [-0.1, -0.05) is 0 Å². The molecule has 0 bridgehead atoms. The minimum atomic E-state index is -0.152. The molecular formula is C48H45BN2OSe. The third-order valence-corrected chi connectivity index (χ3v) is 15.3. The summed E-state index contributed by atoms with van der Waals surface area (Å²) in [6.07, 6.45) is 8.04. The average molecular weight is 756 g/mol. The topological polar surface area (TPSA) is 17.4 Å². The number of benzene rings is 5. The number of anilines is 2. The molecule has 11 rings (SSSR count). The molecule has 0 amide bonds. The molecule has 0 radical (unpaired) electrons. The van der Waals surface area contributed by atoms with Crippen molar-refractivity contribution in [1.82, 2.24) is 4.57 Å². The summed E-state index contributed by atoms with van der Waals surface area (Å²) in [4.78, 5) is 2.53. The Bertz CT molecular complexity index is 2590. The quantitative estimate of drug-likeness (QED) is 0.167. The van der Waals surface area contributed by atoms with E-state index < -0.39 is 0 Å². The van der Waals surface area contributed by atoms with Crippen molar-refractivity contribution in [3.05, 3.63) is 136 Å². The van der Waals surface area contributed by atoms with E-state index in [1.807, 2.05) is 0 Å². The number of rotatable bonds is 2. The number of nitrogens with zero attached hydrogens (tertiary/aromatic N) is 2. The molecule has 3 nitrogen and oxygen atoms in total. The van der Waals surface area contributed by atoms with Crippen LogP contribution in [-0.4, -0.2) is 26.2 Å². The summed E-state index contributed by atoms with van der Waals surface area (Å²) in [5, 5.41) is 1.44. The van der Waals surface area contributed by atoms with Crippen LogP contribution in [0.4, 0.5) is 11.4 Å². The molecule has 0 atom stereocenters. The Kier molecular flexibility index (Phi) is 6.83. The predicted octanol–water partition coefficient (Wildman–Crippen LogP) is 7.86. The molecule has 5 aromatic carbocycles. The Labute approximate surface area is 320 Å². The van der Waals surface area contributed by atoms with Crippen LogP contribution < -0.4 is 34.9 Å². The Balaban J connectivity index is 1.12. The molecule has 0 N–H and O–H groups in total. The molecular weight excluding hydrogens is 710 g/mol. The predicted molar refractivity (Wildman–Crippen MR) is 223 cm³/mol. The Morgan fingerprint density at radius 3 is 2.40 bits per heavy atom. The summed E-state index contributed by atoms with van der Waals surface area (Å²) in [7, 11) is 0. The summed E-state index contributed by atoms with van der Waals surface area (Å²) < 4.78 is 12.2. The second kappa shape index (κ2) is 11.3. The zero-order valence-electron chi connectivity index (χ0n) is 31.5. The molecule has 3 aliphatic heterocycles. The third-order valence-electron chi connectivity index (χ3n) is 13.0. The fourth-order valence-corrected chi connectivity index (χ4v) is 12.9. The minimum absolute atomic E-state index is 0.0589. The van der Waals surface area contributed by atoms with Crippen molar-refractivity contribution in [1.29, 1.82) is 0 Å². The SMILES string of the molecule is CC(C)(C)c1cc2c3c(c1)C(C)(C)c1cc(N4C5=C(CCCC5)Oc5ccccc54)ccc1B3c1ccc(-n3c4c(c5ccccc53)CCC4)cc1[Se]2. The summed E-state index contributed by atoms with van der Waals surface area (Å²) in [6.45, 7) is 12.3. The van der Waals surface area contributed by atoms with Gasteiger partial charge in [0.2, 0.25) is 0 Å². The number of fused-ring (bicyclic) bond motifs is 8. The van der Waals surface area contributed by atoms with Gasteiger partial charge in [0.05, 0.1) is 0 Å². The summed E-state index contributed by atoms with van der Waals surface area (Å²) in [5.74, 6) is 2.12. The van der Waals surface area contributed by atoms with Gasteiger partial charge in [0.1, 0.15) is 0 Å². The molecule has 0 saturated heterocycles. The van der Waals surface area contributed by atoms with E-state index in [2.05, 4.69) is 141 Å². The van der Waals surface area contributed by atoms with E-state index in [-0.39, 0.29) is 32.5 Å². The van der Waals surface area contributed by atoms with Crippen molar-refractivity contribution in [2.24, 2.45) is 0 Å². The van der Waals surface area contributed by atoms with Crippen LogP contribution >= 0.6 is 0 Å². The molecule has 0 fully saturated rings. The number of para-hydroxylation sites is 3. The molecule has 0 spiro atoms. The van der Waals surface area contributed by atoms with E-state index in [1.54, 1.807) is 15.5 Å². The van der Waals surface area contributed by atoms with Gasteiger partial charge in [-0.15, -0.1) is 0 Å². The first kappa shape index (κ1) is 32.0. The normalized spacial score (nSPS) is 17.8. The Hall–Kier alpha value is -4.44. The number of aromatic nitrogens is 1. The molecule has 0 unspecified atom stereocenters. The third kappa shape index (κ3) is 4.60. The Morgan fingerprint density at radius 1 is 0.717 bits per heavy atom. The monoisotopic (exact) mass is 756 g/mol. The van der Waals surface area contributed by atoms with E-state index in [4.69, 9.17) is 4.74 Å². The zero-order valence-corrected chi connectivity index (χ0v) is 33.2. The van der Waals surface area contributed by atoms with Crippen LogP contribution in [-0.2, 0) is 23.7 Å². The molecule has 2 aliphatic carbocycles. The summed E-state index contributed by atoms with van der Waals surface area (Å²) >= 11 is 0.203. The van der Waals surface area contributed by atoms with Crippen molar-refractivity contribution >= 4 is 69.3 Å². The van der Waals surface area contributed by atoms with Crippen LogP contribution in [0, 0.1) is 0 Å². The Morgan fingerprint density at radius 2 is 1.51 bits per heavy atom. The number of hydrogen-bond donors (Lipinski definition) is 0. The first-order chi connectivity index (χ1) is 25.7. The van der Waals surface area contributed by atoms with Crippen LogP contribution in [0.1, 0.15) is 94.7 Å². The second-order valence-electron chi connectivity index (χ2n) is 17.5. The van der Waals surface area contributed by atoms with Gasteiger partial charge >= 0.3 is 322 Å². The number of hydrogen-bond acceptors (Lipinski definition) is 2. The van der Waals surface area contributed by atoms with Crippen LogP contribution in [0.25, 0.3) is 16.6 Å². The van der Waals surface area contributed by atoms with Gasteiger partial charge in [0.25, 0.3) is 0 Å². The number of ether oxygens (including phenoxy) is 1. The van der Waals surface area contributed by atoms with Gasteiger partial charge in [0.15, 0.2) is 0 Å². The van der Waals surface area contributed by atoms with Crippen LogP contribution in [0.15, 0.2) is 109 Å². The van der Waals surface area contributed by atoms with E-state index >= 15 is 0 Å². The van der Waals surface area contributed by atoms with E-state index in [0.717, 1.165) is 36.5 Å². The standard InChI is InChI=1S/C48H45BN2OSe/c1-47(2,3)29-25-35-46-45(26-29)53-44-28-31(50-38-15-7-6-13-32(38)33-14-12-18-39(33)50)22-24-37(44)49(46)36-23-21-30(27-34(36)48(35,4)5)51-40-16-8-10-19-42(40)52-43-20-11-9-17-41(43)51/h6-8,10,13,15-16,19,21-28H,9,11-12,14,17-18,20H2,1-5H3. The van der Waals surface area contributed by atoms with E-state index in [0.29, 0.717) is 0 Å². The van der Waals surface area contributed by atoms with Crippen molar-refractivity contribution < 1.29 is 4.74 Å². The van der Waals surface area contributed by atoms with Crippen molar-refractivity contribution in [3.8, 4) is 11.4 Å². The second-order valence-corrected chi connectivity index (χ2v) is 19.7. The van der Waals surface area contributed by atoms with Gasteiger partial charge in [-0.05, 0) is 0 Å². The number of aryl methyl sites for hydroxylation is 1. The number of allylic oxidation sites excluding steroid dienone is 2. The van der Waals surface area contributed by atoms with Gasteiger partial charge in [-0.2, -0.15) is 0 Å². The fraction of sp³-hybridized carbons (Fsp3) is 0.292. The van der Waals surface area contributed by atoms with Gasteiger partial charge < -0.3 is 0 Å².